The van der Waals surface area contributed by atoms with E-state index in [9.17, 15) is 4.79 Å². The van der Waals surface area contributed by atoms with Crippen LogP contribution in [0.25, 0.3) is 10.9 Å². The van der Waals surface area contributed by atoms with Crippen molar-refractivity contribution < 1.29 is 4.79 Å². The van der Waals surface area contributed by atoms with Crippen LogP contribution in [0.4, 0.5) is 4.79 Å². The molecule has 1 N–H and O–H groups in total. The standard InChI is InChI=1S/C19H22N4O/c1-12(2)18-14-6-4-5-7-16(14)23-17(18)8-9-22(19(23)24)10-15-13(3)20-11-21-15/h4-7,11-12H,8-10H2,1-3H3,(H,20,21). The van der Waals surface area contributed by atoms with Crippen molar-refractivity contribution in [1.29, 1.82) is 0 Å². The molecular formula is C19H22N4O. The van der Waals surface area contributed by atoms with Gasteiger partial charge in [-0.25, -0.2) is 9.78 Å². The summed E-state index contributed by atoms with van der Waals surface area (Å²) in [7, 11) is 0. The average molecular weight is 322 g/mol. The molecule has 1 aliphatic heterocycles. The molecule has 0 aliphatic carbocycles. The number of nitrogens with zero attached hydrogens (tertiary/aromatic N) is 3. The van der Waals surface area contributed by atoms with Gasteiger partial charge in [0.15, 0.2) is 0 Å². The zero-order valence-corrected chi connectivity index (χ0v) is 14.3. The number of imidazole rings is 1. The van der Waals surface area contributed by atoms with Gasteiger partial charge >= 0.3 is 6.03 Å². The van der Waals surface area contributed by atoms with Crippen molar-refractivity contribution in [3.63, 3.8) is 0 Å². The molecule has 24 heavy (non-hydrogen) atoms. The molecule has 0 atom stereocenters. The SMILES string of the molecule is Cc1[nH]cnc1CN1CCc2c(C(C)C)c3ccccc3n2C1=O. The second kappa shape index (κ2) is 5.51. The summed E-state index contributed by atoms with van der Waals surface area (Å²) in [5.41, 5.74) is 5.46. The second-order valence-electron chi connectivity index (χ2n) is 6.80. The first kappa shape index (κ1) is 15.0. The zero-order valence-electron chi connectivity index (χ0n) is 14.3. The second-order valence-corrected chi connectivity index (χ2v) is 6.80. The smallest absolute Gasteiger partial charge is 0.329 e. The number of aromatic amines is 1. The molecule has 3 aromatic rings. The lowest BCUT2D eigenvalue weighted by Crippen LogP contribution is -2.41. The summed E-state index contributed by atoms with van der Waals surface area (Å²) >= 11 is 0. The summed E-state index contributed by atoms with van der Waals surface area (Å²) < 4.78 is 1.91. The van der Waals surface area contributed by atoms with E-state index in [1.807, 2.05) is 28.5 Å². The highest BCUT2D eigenvalue weighted by atomic mass is 16.2. The Labute approximate surface area is 141 Å². The van der Waals surface area contributed by atoms with Gasteiger partial charge in [-0.2, -0.15) is 0 Å². The molecule has 0 bridgehead atoms. The average Bonchev–Trinajstić information content (AvgIpc) is 3.11. The minimum absolute atomic E-state index is 0.0572. The summed E-state index contributed by atoms with van der Waals surface area (Å²) in [6.45, 7) is 7.68. The normalized spacial score (nSPS) is 14.7. The summed E-state index contributed by atoms with van der Waals surface area (Å²) in [5.74, 6) is 0.402. The maximum Gasteiger partial charge on any atom is 0.329 e. The lowest BCUT2D eigenvalue weighted by molar-refractivity contribution is 0.190. The first-order valence-electron chi connectivity index (χ1n) is 8.48. The minimum Gasteiger partial charge on any atom is -0.348 e. The third-order valence-electron chi connectivity index (χ3n) is 4.95. The van der Waals surface area contributed by atoms with Gasteiger partial charge in [0.1, 0.15) is 0 Å². The number of fused-ring (bicyclic) bond motifs is 3. The molecule has 3 heterocycles. The molecule has 1 amide bonds. The molecule has 0 saturated carbocycles. The third kappa shape index (κ3) is 2.15. The van der Waals surface area contributed by atoms with E-state index in [0.717, 1.165) is 29.9 Å². The summed E-state index contributed by atoms with van der Waals surface area (Å²) in [5, 5.41) is 1.20. The van der Waals surface area contributed by atoms with Gasteiger partial charge in [-0.1, -0.05) is 32.0 Å². The highest BCUT2D eigenvalue weighted by Crippen LogP contribution is 2.34. The fourth-order valence-corrected chi connectivity index (χ4v) is 3.78. The first-order chi connectivity index (χ1) is 11.6. The van der Waals surface area contributed by atoms with Crippen LogP contribution < -0.4 is 0 Å². The van der Waals surface area contributed by atoms with Gasteiger partial charge in [-0.15, -0.1) is 0 Å². The molecule has 2 aromatic heterocycles. The summed E-state index contributed by atoms with van der Waals surface area (Å²) in [6, 6.07) is 8.29. The van der Waals surface area contributed by atoms with Gasteiger partial charge in [0.25, 0.3) is 0 Å². The molecule has 1 aliphatic rings. The number of hydrogen-bond donors (Lipinski definition) is 1. The first-order valence-corrected chi connectivity index (χ1v) is 8.48. The zero-order chi connectivity index (χ0) is 16.8. The molecule has 5 nitrogen and oxygen atoms in total. The van der Waals surface area contributed by atoms with Crippen molar-refractivity contribution in [2.24, 2.45) is 0 Å². The molecule has 1 aromatic carbocycles. The van der Waals surface area contributed by atoms with Crippen molar-refractivity contribution in [2.45, 2.75) is 39.7 Å². The van der Waals surface area contributed by atoms with E-state index in [-0.39, 0.29) is 6.03 Å². The van der Waals surface area contributed by atoms with E-state index in [1.165, 1.54) is 16.6 Å². The van der Waals surface area contributed by atoms with Crippen LogP contribution >= 0.6 is 0 Å². The van der Waals surface area contributed by atoms with Crippen LogP contribution in [-0.2, 0) is 13.0 Å². The van der Waals surface area contributed by atoms with E-state index in [1.54, 1.807) is 6.33 Å². The molecule has 124 valence electrons. The highest BCUT2D eigenvalue weighted by molar-refractivity contribution is 5.96. The van der Waals surface area contributed by atoms with Gasteiger partial charge in [0.05, 0.1) is 24.1 Å². The number of carbonyl (C=O) groups is 1. The van der Waals surface area contributed by atoms with E-state index in [0.29, 0.717) is 12.5 Å². The number of nitrogens with one attached hydrogen (secondary N) is 1. The number of carbonyl (C=O) groups excluding carboxylic acids is 1. The van der Waals surface area contributed by atoms with E-state index >= 15 is 0 Å². The van der Waals surface area contributed by atoms with Gasteiger partial charge in [0, 0.05) is 29.7 Å². The van der Waals surface area contributed by atoms with Crippen LogP contribution in [0.2, 0.25) is 0 Å². The van der Waals surface area contributed by atoms with Gasteiger partial charge < -0.3 is 9.88 Å². The largest absolute Gasteiger partial charge is 0.348 e. The number of H-pyrrole nitrogens is 1. The Kier molecular flexibility index (Phi) is 3.44. The molecular weight excluding hydrogens is 300 g/mol. The van der Waals surface area contributed by atoms with Crippen LogP contribution in [0.15, 0.2) is 30.6 Å². The maximum atomic E-state index is 13.2. The van der Waals surface area contributed by atoms with Crippen LogP contribution in [-0.4, -0.2) is 32.0 Å². The van der Waals surface area contributed by atoms with Crippen LogP contribution in [0.5, 0.6) is 0 Å². The Balaban J connectivity index is 1.80. The monoisotopic (exact) mass is 322 g/mol. The molecule has 0 fully saturated rings. The molecule has 4 rings (SSSR count). The van der Waals surface area contributed by atoms with Crippen LogP contribution in [0.3, 0.4) is 0 Å². The van der Waals surface area contributed by atoms with Crippen molar-refractivity contribution >= 4 is 16.9 Å². The fourth-order valence-electron chi connectivity index (χ4n) is 3.78. The number of amides is 1. The Bertz CT molecular complexity index is 919. The van der Waals surface area contributed by atoms with Crippen molar-refractivity contribution in [3.8, 4) is 0 Å². The summed E-state index contributed by atoms with van der Waals surface area (Å²) in [4.78, 5) is 22.5. The Hall–Kier alpha value is -2.56. The van der Waals surface area contributed by atoms with Crippen molar-refractivity contribution in [3.05, 3.63) is 53.2 Å². The predicted molar refractivity (Wildman–Crippen MR) is 94.3 cm³/mol. The Morgan fingerprint density at radius 1 is 1.29 bits per heavy atom. The number of benzene rings is 1. The number of aryl methyl sites for hydroxylation is 1. The number of para-hydroxylation sites is 1. The molecule has 0 saturated heterocycles. The lowest BCUT2D eigenvalue weighted by Gasteiger charge is -2.29. The maximum absolute atomic E-state index is 13.2. The Morgan fingerprint density at radius 2 is 2.08 bits per heavy atom. The summed E-state index contributed by atoms with van der Waals surface area (Å²) in [6.07, 6.45) is 2.57. The molecule has 0 unspecified atom stereocenters. The topological polar surface area (TPSA) is 53.9 Å². The van der Waals surface area contributed by atoms with E-state index < -0.39 is 0 Å². The van der Waals surface area contributed by atoms with Gasteiger partial charge in [-0.05, 0) is 24.5 Å². The molecule has 5 heteroatoms. The predicted octanol–water partition coefficient (Wildman–Crippen LogP) is 3.82. The number of rotatable bonds is 3. The Morgan fingerprint density at radius 3 is 2.79 bits per heavy atom. The van der Waals surface area contributed by atoms with E-state index in [4.69, 9.17) is 0 Å². The van der Waals surface area contributed by atoms with Crippen molar-refractivity contribution in [1.82, 2.24) is 19.4 Å². The van der Waals surface area contributed by atoms with Crippen LogP contribution in [0, 0.1) is 6.92 Å². The minimum atomic E-state index is 0.0572. The molecule has 0 spiro atoms. The number of hydrogen-bond acceptors (Lipinski definition) is 2. The lowest BCUT2D eigenvalue weighted by atomic mass is 9.98. The van der Waals surface area contributed by atoms with Crippen molar-refractivity contribution in [2.75, 3.05) is 6.54 Å². The quantitative estimate of drug-likeness (QED) is 0.797. The third-order valence-corrected chi connectivity index (χ3v) is 4.95. The van der Waals surface area contributed by atoms with Gasteiger partial charge in [-0.3, -0.25) is 4.57 Å². The highest BCUT2D eigenvalue weighted by Gasteiger charge is 2.30. The fraction of sp³-hybridized carbons (Fsp3) is 0.368. The van der Waals surface area contributed by atoms with E-state index in [2.05, 4.69) is 35.9 Å². The number of aromatic nitrogens is 3. The van der Waals surface area contributed by atoms with Gasteiger partial charge in [0.2, 0.25) is 0 Å². The molecule has 0 radical (unpaired) electrons. The van der Waals surface area contributed by atoms with Crippen LogP contribution in [0.1, 0.15) is 42.4 Å².